The van der Waals surface area contributed by atoms with Gasteiger partial charge in [-0.25, -0.2) is 4.79 Å². The van der Waals surface area contributed by atoms with E-state index < -0.39 is 5.72 Å². The van der Waals surface area contributed by atoms with E-state index in [0.29, 0.717) is 18.9 Å². The fraction of sp³-hybridized carbons (Fsp3) is 0.857. The van der Waals surface area contributed by atoms with Crippen molar-refractivity contribution in [2.24, 2.45) is 11.1 Å². The summed E-state index contributed by atoms with van der Waals surface area (Å²) in [4.78, 5) is 20.1. The Morgan fingerprint density at radius 1 is 1.35 bits per heavy atom. The predicted molar refractivity (Wildman–Crippen MR) is 72.2 cm³/mol. The topological polar surface area (TPSA) is 60.4 Å². The fourth-order valence-corrected chi connectivity index (χ4v) is 3.62. The Morgan fingerprint density at radius 3 is 2.90 bits per heavy atom. The van der Waals surface area contributed by atoms with Crippen molar-refractivity contribution in [3.63, 3.8) is 0 Å². The average molecular weight is 282 g/mol. The number of methoxy groups -OCH3 is 1. The van der Waals surface area contributed by atoms with Crippen molar-refractivity contribution in [1.29, 1.82) is 0 Å². The molecule has 0 spiro atoms. The Balaban J connectivity index is 1.88. The molecule has 0 bridgehead atoms. The number of esters is 1. The first-order valence-electron chi connectivity index (χ1n) is 7.45. The van der Waals surface area contributed by atoms with Crippen LogP contribution in [0.4, 0.5) is 0 Å². The lowest BCUT2D eigenvalue weighted by Crippen LogP contribution is -2.58. The fourth-order valence-electron chi connectivity index (χ4n) is 3.62. The minimum Gasteiger partial charge on any atom is -0.464 e. The molecule has 0 aromatic heterocycles. The molecule has 2 aliphatic heterocycles. The van der Waals surface area contributed by atoms with E-state index in [1.807, 2.05) is 0 Å². The molecule has 3 aliphatic rings. The number of morpholine rings is 1. The van der Waals surface area contributed by atoms with E-state index in [-0.39, 0.29) is 11.9 Å². The molecule has 1 saturated heterocycles. The van der Waals surface area contributed by atoms with Crippen LogP contribution in [0.2, 0.25) is 0 Å². The van der Waals surface area contributed by atoms with Gasteiger partial charge in [-0.3, -0.25) is 4.90 Å². The van der Waals surface area contributed by atoms with Gasteiger partial charge < -0.3 is 14.3 Å². The first-order chi connectivity index (χ1) is 9.78. The van der Waals surface area contributed by atoms with Crippen LogP contribution in [0.1, 0.15) is 32.1 Å². The summed E-state index contributed by atoms with van der Waals surface area (Å²) in [6.07, 6.45) is 5.25. The minimum atomic E-state index is -0.455. The molecule has 6 heteroatoms. The number of rotatable bonds is 2. The number of oxime groups is 1. The average Bonchev–Trinajstić information content (AvgIpc) is 2.74. The molecular formula is C14H22N2O4. The van der Waals surface area contributed by atoms with Gasteiger partial charge >= 0.3 is 5.97 Å². The van der Waals surface area contributed by atoms with E-state index in [2.05, 4.69) is 10.1 Å². The van der Waals surface area contributed by atoms with Crippen LogP contribution in [0.25, 0.3) is 0 Å². The van der Waals surface area contributed by atoms with E-state index in [1.54, 1.807) is 0 Å². The van der Waals surface area contributed by atoms with Crippen molar-refractivity contribution >= 4 is 11.7 Å². The summed E-state index contributed by atoms with van der Waals surface area (Å²) >= 11 is 0. The van der Waals surface area contributed by atoms with Crippen LogP contribution in [-0.2, 0) is 19.1 Å². The molecular weight excluding hydrogens is 260 g/mol. The third-order valence-electron chi connectivity index (χ3n) is 4.65. The van der Waals surface area contributed by atoms with Crippen molar-refractivity contribution in [1.82, 2.24) is 4.90 Å². The highest BCUT2D eigenvalue weighted by Gasteiger charge is 2.55. The van der Waals surface area contributed by atoms with Gasteiger partial charge in [-0.05, 0) is 12.8 Å². The van der Waals surface area contributed by atoms with Crippen molar-refractivity contribution in [2.75, 3.05) is 33.4 Å². The third-order valence-corrected chi connectivity index (χ3v) is 4.65. The molecule has 0 radical (unpaired) electrons. The standard InChI is InChI=1S/C14H22N2O4/c1-18-13(17)12-11-5-3-2-4-6-14(11,20-15-12)16-7-9-19-10-8-16/h11H,2-10H2,1H3/t11-,14+/m1/s1. The maximum absolute atomic E-state index is 11.9. The van der Waals surface area contributed by atoms with Crippen LogP contribution in [0, 0.1) is 5.92 Å². The normalized spacial score (nSPS) is 34.6. The molecule has 2 atom stereocenters. The van der Waals surface area contributed by atoms with Crippen LogP contribution in [0.3, 0.4) is 0 Å². The first-order valence-corrected chi connectivity index (χ1v) is 7.45. The van der Waals surface area contributed by atoms with Crippen LogP contribution < -0.4 is 0 Å². The van der Waals surface area contributed by atoms with Crippen LogP contribution >= 0.6 is 0 Å². The summed E-state index contributed by atoms with van der Waals surface area (Å²) in [5, 5.41) is 4.10. The van der Waals surface area contributed by atoms with Crippen molar-refractivity contribution in [2.45, 2.75) is 37.8 Å². The highest BCUT2D eigenvalue weighted by atomic mass is 16.7. The van der Waals surface area contributed by atoms with Crippen LogP contribution in [0.5, 0.6) is 0 Å². The maximum Gasteiger partial charge on any atom is 0.356 e. The number of nitrogens with zero attached hydrogens (tertiary/aromatic N) is 2. The van der Waals surface area contributed by atoms with E-state index in [4.69, 9.17) is 14.3 Å². The quantitative estimate of drug-likeness (QED) is 0.711. The first kappa shape index (κ1) is 13.8. The lowest BCUT2D eigenvalue weighted by molar-refractivity contribution is -0.185. The largest absolute Gasteiger partial charge is 0.464 e. The Hall–Kier alpha value is -1.14. The molecule has 2 heterocycles. The SMILES string of the molecule is COC(=O)C1=NO[C@@]2(N3CCOCC3)CCCCC[C@H]12. The van der Waals surface area contributed by atoms with Gasteiger partial charge in [0.1, 0.15) is 0 Å². The number of hydrogen-bond donors (Lipinski definition) is 0. The Kier molecular flexibility index (Phi) is 3.94. The van der Waals surface area contributed by atoms with Gasteiger partial charge in [0.25, 0.3) is 0 Å². The molecule has 1 aliphatic carbocycles. The Labute approximate surface area is 119 Å². The smallest absolute Gasteiger partial charge is 0.356 e. The lowest BCUT2D eigenvalue weighted by atomic mass is 9.85. The molecule has 0 amide bonds. The minimum absolute atomic E-state index is 0.0237. The zero-order chi connectivity index (χ0) is 14.0. The van der Waals surface area contributed by atoms with Gasteiger partial charge in [0.15, 0.2) is 11.4 Å². The van der Waals surface area contributed by atoms with Crippen molar-refractivity contribution < 1.29 is 19.1 Å². The van der Waals surface area contributed by atoms with E-state index in [1.165, 1.54) is 13.5 Å². The molecule has 0 aromatic carbocycles. The molecule has 20 heavy (non-hydrogen) atoms. The van der Waals surface area contributed by atoms with Crippen molar-refractivity contribution in [3.05, 3.63) is 0 Å². The lowest BCUT2D eigenvalue weighted by Gasteiger charge is -2.43. The maximum atomic E-state index is 11.9. The van der Waals surface area contributed by atoms with E-state index in [0.717, 1.165) is 38.8 Å². The summed E-state index contributed by atoms with van der Waals surface area (Å²) in [6, 6.07) is 0. The third kappa shape index (κ3) is 2.20. The van der Waals surface area contributed by atoms with Gasteiger partial charge in [0, 0.05) is 19.5 Å². The number of hydrogen-bond acceptors (Lipinski definition) is 6. The summed E-state index contributed by atoms with van der Waals surface area (Å²) < 4.78 is 10.3. The van der Waals surface area contributed by atoms with Gasteiger partial charge in [0.05, 0.1) is 26.2 Å². The number of carbonyl (C=O) groups is 1. The second kappa shape index (κ2) is 5.69. The summed E-state index contributed by atoms with van der Waals surface area (Å²) in [5.74, 6) is -0.331. The van der Waals surface area contributed by atoms with Gasteiger partial charge in [0.2, 0.25) is 0 Å². The second-order valence-electron chi connectivity index (χ2n) is 5.66. The number of ether oxygens (including phenoxy) is 2. The van der Waals surface area contributed by atoms with Gasteiger partial charge in [-0.1, -0.05) is 18.0 Å². The number of fused-ring (bicyclic) bond motifs is 1. The number of carbonyl (C=O) groups excluding carboxylic acids is 1. The molecule has 0 unspecified atom stereocenters. The molecule has 3 rings (SSSR count). The summed E-state index contributed by atoms with van der Waals surface area (Å²) in [6.45, 7) is 3.09. The summed E-state index contributed by atoms with van der Waals surface area (Å²) in [5.41, 5.74) is 0.00460. The molecule has 2 fully saturated rings. The van der Waals surface area contributed by atoms with E-state index >= 15 is 0 Å². The van der Waals surface area contributed by atoms with Gasteiger partial charge in [-0.15, -0.1) is 0 Å². The van der Waals surface area contributed by atoms with Gasteiger partial charge in [-0.2, -0.15) is 0 Å². The second-order valence-corrected chi connectivity index (χ2v) is 5.66. The molecule has 6 nitrogen and oxygen atoms in total. The van der Waals surface area contributed by atoms with Crippen LogP contribution in [0.15, 0.2) is 5.16 Å². The Morgan fingerprint density at radius 2 is 2.15 bits per heavy atom. The van der Waals surface area contributed by atoms with Crippen LogP contribution in [-0.4, -0.2) is 55.7 Å². The molecule has 1 saturated carbocycles. The van der Waals surface area contributed by atoms with Crippen molar-refractivity contribution in [3.8, 4) is 0 Å². The predicted octanol–water partition coefficient (Wildman–Crippen LogP) is 1.15. The highest BCUT2D eigenvalue weighted by Crippen LogP contribution is 2.43. The molecule has 0 aromatic rings. The molecule has 112 valence electrons. The zero-order valence-electron chi connectivity index (χ0n) is 12.0. The highest BCUT2D eigenvalue weighted by molar-refractivity contribution is 6.37. The Bertz CT molecular complexity index is 406. The monoisotopic (exact) mass is 282 g/mol. The summed E-state index contributed by atoms with van der Waals surface area (Å²) in [7, 11) is 1.40. The zero-order valence-corrected chi connectivity index (χ0v) is 12.0. The molecule has 0 N–H and O–H groups in total. The van der Waals surface area contributed by atoms with E-state index in [9.17, 15) is 4.79 Å².